The van der Waals surface area contributed by atoms with Gasteiger partial charge in [0.25, 0.3) is 0 Å². The fourth-order valence-corrected chi connectivity index (χ4v) is 11.8. The lowest BCUT2D eigenvalue weighted by Crippen LogP contribution is -2.45. The van der Waals surface area contributed by atoms with E-state index in [-0.39, 0.29) is 18.5 Å². The number of unbranched alkanes of at least 4 members (excludes halogenated alkanes) is 57. The summed E-state index contributed by atoms with van der Waals surface area (Å²) in [5, 5.41) is 23.3. The molecule has 0 aromatic heterocycles. The van der Waals surface area contributed by atoms with E-state index in [4.69, 9.17) is 4.74 Å². The van der Waals surface area contributed by atoms with E-state index in [2.05, 4.69) is 31.3 Å². The minimum Gasteiger partial charge on any atom is -0.466 e. The van der Waals surface area contributed by atoms with Gasteiger partial charge in [0.15, 0.2) is 0 Å². The summed E-state index contributed by atoms with van der Waals surface area (Å²) >= 11 is 0. The Bertz CT molecular complexity index is 1270. The normalized spacial score (nSPS) is 12.6. The van der Waals surface area contributed by atoms with Crippen LogP contribution in [0.3, 0.4) is 0 Å². The molecule has 0 radical (unpaired) electrons. The molecule has 1 amide bonds. The van der Waals surface area contributed by atoms with Gasteiger partial charge in [0.2, 0.25) is 5.91 Å². The summed E-state index contributed by atoms with van der Waals surface area (Å²) < 4.78 is 5.50. The zero-order valence-corrected chi connectivity index (χ0v) is 55.0. The van der Waals surface area contributed by atoms with Gasteiger partial charge in [-0.05, 0) is 57.8 Å². The zero-order valence-electron chi connectivity index (χ0n) is 55.0. The number of carbonyl (C=O) groups is 2. The molecule has 81 heavy (non-hydrogen) atoms. The molecule has 0 saturated heterocycles. The smallest absolute Gasteiger partial charge is 0.305 e. The average Bonchev–Trinajstić information content (AvgIpc) is 3.47. The van der Waals surface area contributed by atoms with Gasteiger partial charge in [-0.25, -0.2) is 0 Å². The molecule has 0 aliphatic carbocycles. The van der Waals surface area contributed by atoms with Crippen molar-refractivity contribution >= 4 is 11.9 Å². The molecule has 0 heterocycles. The molecule has 480 valence electrons. The van der Waals surface area contributed by atoms with Crippen LogP contribution in [-0.4, -0.2) is 47.4 Å². The molecule has 0 aromatic rings. The summed E-state index contributed by atoms with van der Waals surface area (Å²) in [6, 6.07) is -0.634. The third-order valence-corrected chi connectivity index (χ3v) is 17.5. The Kier molecular flexibility index (Phi) is 69.4. The highest BCUT2D eigenvalue weighted by Crippen LogP contribution is 2.19. The van der Waals surface area contributed by atoms with Gasteiger partial charge in [0.05, 0.1) is 25.4 Å². The van der Waals surface area contributed by atoms with Gasteiger partial charge in [-0.2, -0.15) is 0 Å². The molecule has 2 unspecified atom stereocenters. The molecule has 0 aromatic carbocycles. The number of carbonyl (C=O) groups excluding carboxylic acids is 2. The minimum absolute atomic E-state index is 0.0155. The second-order valence-electron chi connectivity index (χ2n) is 25.6. The first-order valence-corrected chi connectivity index (χ1v) is 37.1. The molecule has 2 atom stereocenters. The van der Waals surface area contributed by atoms with Crippen molar-refractivity contribution in [2.24, 2.45) is 0 Å². The van der Waals surface area contributed by atoms with E-state index in [1.807, 2.05) is 6.08 Å². The van der Waals surface area contributed by atoms with E-state index in [0.29, 0.717) is 19.4 Å². The molecule has 0 spiro atoms. The lowest BCUT2D eigenvalue weighted by atomic mass is 10.0. The Labute approximate surface area is 507 Å². The SMILES string of the molecule is CCCCCCCCCCCCCCCCCCCCCCCCC/C=C/C(O)C(CO)NC(=O)CCCCCCCCC/C=C\CCCCCCCCCCCCCCOC(=O)CCCCCCCCCCCCCCCCCC. The highest BCUT2D eigenvalue weighted by molar-refractivity contribution is 5.76. The maximum atomic E-state index is 12.5. The molecule has 0 saturated carbocycles. The number of nitrogens with one attached hydrogen (secondary N) is 1. The summed E-state index contributed by atoms with van der Waals surface area (Å²) in [4.78, 5) is 24.6. The van der Waals surface area contributed by atoms with Crippen LogP contribution in [0.2, 0.25) is 0 Å². The molecule has 3 N–H and O–H groups in total. The van der Waals surface area contributed by atoms with Crippen LogP contribution < -0.4 is 5.32 Å². The number of esters is 1. The predicted octanol–water partition coefficient (Wildman–Crippen LogP) is 24.1. The molecule has 6 heteroatoms. The first-order chi connectivity index (χ1) is 40.0. The van der Waals surface area contributed by atoms with Crippen molar-refractivity contribution in [1.82, 2.24) is 5.32 Å². The van der Waals surface area contributed by atoms with Gasteiger partial charge in [-0.3, -0.25) is 9.59 Å². The molecular formula is C75H145NO5. The van der Waals surface area contributed by atoms with Crippen LogP contribution in [0.5, 0.6) is 0 Å². The van der Waals surface area contributed by atoms with Crippen LogP contribution in [-0.2, 0) is 14.3 Å². The Morgan fingerprint density at radius 2 is 0.580 bits per heavy atom. The monoisotopic (exact) mass is 1140 g/mol. The fraction of sp³-hybridized carbons (Fsp3) is 0.920. The van der Waals surface area contributed by atoms with Gasteiger partial charge in [-0.1, -0.05) is 372 Å². The van der Waals surface area contributed by atoms with Crippen LogP contribution in [0, 0.1) is 0 Å². The second kappa shape index (κ2) is 70.8. The van der Waals surface area contributed by atoms with E-state index >= 15 is 0 Å². The highest BCUT2D eigenvalue weighted by atomic mass is 16.5. The largest absolute Gasteiger partial charge is 0.466 e. The number of hydrogen-bond acceptors (Lipinski definition) is 5. The minimum atomic E-state index is -0.850. The molecule has 0 aliphatic heterocycles. The van der Waals surface area contributed by atoms with Crippen molar-refractivity contribution in [1.29, 1.82) is 0 Å². The van der Waals surface area contributed by atoms with Gasteiger partial charge in [0.1, 0.15) is 0 Å². The summed E-state index contributed by atoms with van der Waals surface area (Å²) in [7, 11) is 0. The van der Waals surface area contributed by atoms with Gasteiger partial charge < -0.3 is 20.3 Å². The van der Waals surface area contributed by atoms with Crippen molar-refractivity contribution < 1.29 is 24.5 Å². The second-order valence-corrected chi connectivity index (χ2v) is 25.6. The summed E-state index contributed by atoms with van der Waals surface area (Å²) in [5.41, 5.74) is 0. The predicted molar refractivity (Wildman–Crippen MR) is 356 cm³/mol. The molecule has 0 rings (SSSR count). The van der Waals surface area contributed by atoms with Crippen molar-refractivity contribution in [3.05, 3.63) is 24.3 Å². The van der Waals surface area contributed by atoms with Crippen LogP contribution in [0.4, 0.5) is 0 Å². The van der Waals surface area contributed by atoms with Crippen molar-refractivity contribution in [3.8, 4) is 0 Å². The first-order valence-electron chi connectivity index (χ1n) is 37.1. The van der Waals surface area contributed by atoms with Gasteiger partial charge in [-0.15, -0.1) is 0 Å². The Morgan fingerprint density at radius 1 is 0.333 bits per heavy atom. The standard InChI is InChI=1S/C75H145NO5/c1-3-5-7-9-11-13-15-17-19-21-22-23-24-25-27-30-33-36-39-43-47-51-55-59-63-67-73(78)72(71-77)76-74(79)68-64-60-56-52-48-44-40-37-34-31-28-26-29-32-35-38-42-46-50-54-58-62-66-70-81-75(80)69-65-61-57-53-49-45-41-20-18-16-14-12-10-8-6-4-2/h31,34,63,67,72-73,77-78H,3-30,32-33,35-62,64-66,68-71H2,1-2H3,(H,76,79)/b34-31-,67-63+. The average molecular weight is 1140 g/mol. The Hall–Kier alpha value is -1.66. The molecule has 0 fully saturated rings. The van der Waals surface area contributed by atoms with Crippen LogP contribution >= 0.6 is 0 Å². The van der Waals surface area contributed by atoms with Crippen molar-refractivity contribution in [3.63, 3.8) is 0 Å². The third kappa shape index (κ3) is 67.3. The van der Waals surface area contributed by atoms with E-state index in [9.17, 15) is 19.8 Å². The maximum absolute atomic E-state index is 12.5. The number of allylic oxidation sites excluding steroid dienone is 3. The lowest BCUT2D eigenvalue weighted by molar-refractivity contribution is -0.143. The Morgan fingerprint density at radius 3 is 0.877 bits per heavy atom. The number of ether oxygens (including phenoxy) is 1. The number of hydrogen-bond donors (Lipinski definition) is 3. The lowest BCUT2D eigenvalue weighted by Gasteiger charge is -2.20. The third-order valence-electron chi connectivity index (χ3n) is 17.5. The number of rotatable bonds is 70. The highest BCUT2D eigenvalue weighted by Gasteiger charge is 2.18. The van der Waals surface area contributed by atoms with Gasteiger partial charge >= 0.3 is 5.97 Å². The van der Waals surface area contributed by atoms with Crippen LogP contribution in [0.1, 0.15) is 418 Å². The quantitative estimate of drug-likeness (QED) is 0.0320. The molecular weight excluding hydrogens is 995 g/mol. The molecule has 0 aliphatic rings. The first kappa shape index (κ1) is 79.3. The molecule has 0 bridgehead atoms. The van der Waals surface area contributed by atoms with E-state index in [0.717, 1.165) is 44.9 Å². The summed E-state index contributed by atoms with van der Waals surface area (Å²) in [6.45, 7) is 4.95. The molecule has 6 nitrogen and oxygen atoms in total. The van der Waals surface area contributed by atoms with E-state index < -0.39 is 12.1 Å². The zero-order chi connectivity index (χ0) is 58.5. The summed E-state index contributed by atoms with van der Waals surface area (Å²) in [5.74, 6) is -0.0539. The number of aliphatic hydroxyl groups excluding tert-OH is 2. The number of amides is 1. The van der Waals surface area contributed by atoms with Crippen LogP contribution in [0.25, 0.3) is 0 Å². The topological polar surface area (TPSA) is 95.9 Å². The van der Waals surface area contributed by atoms with Crippen molar-refractivity contribution in [2.45, 2.75) is 431 Å². The fourth-order valence-electron chi connectivity index (χ4n) is 11.8. The maximum Gasteiger partial charge on any atom is 0.305 e. The summed E-state index contributed by atoms with van der Waals surface area (Å²) in [6.07, 6.45) is 89.8. The van der Waals surface area contributed by atoms with E-state index in [1.165, 1.54) is 347 Å². The van der Waals surface area contributed by atoms with E-state index in [1.54, 1.807) is 6.08 Å². The van der Waals surface area contributed by atoms with Crippen LogP contribution in [0.15, 0.2) is 24.3 Å². The van der Waals surface area contributed by atoms with Crippen molar-refractivity contribution in [2.75, 3.05) is 13.2 Å². The number of aliphatic hydroxyl groups is 2. The Balaban J connectivity index is 3.42. The van der Waals surface area contributed by atoms with Gasteiger partial charge in [0, 0.05) is 12.8 Å².